The number of esters is 1. The lowest BCUT2D eigenvalue weighted by Gasteiger charge is -2.14. The average molecular weight is 404 g/mol. The minimum Gasteiger partial charge on any atom is -0.493 e. The van der Waals surface area contributed by atoms with Gasteiger partial charge in [0.1, 0.15) is 0 Å². The Bertz CT molecular complexity index is 848. The van der Waals surface area contributed by atoms with Gasteiger partial charge in [0.2, 0.25) is 0 Å². The summed E-state index contributed by atoms with van der Waals surface area (Å²) in [5, 5.41) is 3.38. The van der Waals surface area contributed by atoms with Crippen LogP contribution in [0.15, 0.2) is 48.5 Å². The maximum Gasteiger partial charge on any atom is 0.331 e. The van der Waals surface area contributed by atoms with Crippen LogP contribution in [0.2, 0.25) is 5.02 Å². The van der Waals surface area contributed by atoms with E-state index in [1.165, 1.54) is 13.2 Å². The highest BCUT2D eigenvalue weighted by molar-refractivity contribution is 6.30. The lowest BCUT2D eigenvalue weighted by Crippen LogP contribution is -2.30. The highest BCUT2D eigenvalue weighted by Crippen LogP contribution is 2.27. The first-order valence-electron chi connectivity index (χ1n) is 8.54. The summed E-state index contributed by atoms with van der Waals surface area (Å²) in [4.78, 5) is 23.8. The molecule has 1 amide bonds. The number of carbonyl (C=O) groups excluding carboxylic acids is 2. The first-order valence-corrected chi connectivity index (χ1v) is 8.92. The standard InChI is InChI=1S/C21H22ClNO5/c1-14(16-6-8-17(22)9-7-16)23-20(24)13-28-21(25)11-5-15-4-10-18(26-2)19(12-15)27-3/h4-12,14H,13H2,1-3H3,(H,23,24)/b11-5+/t14-/m0/s1. The van der Waals surface area contributed by atoms with Crippen molar-refractivity contribution in [3.63, 3.8) is 0 Å². The molecule has 0 spiro atoms. The fourth-order valence-corrected chi connectivity index (χ4v) is 2.55. The van der Waals surface area contributed by atoms with E-state index in [1.54, 1.807) is 43.5 Å². The summed E-state index contributed by atoms with van der Waals surface area (Å²) in [6, 6.07) is 12.1. The first-order chi connectivity index (χ1) is 13.4. The summed E-state index contributed by atoms with van der Waals surface area (Å²) in [6.07, 6.45) is 2.82. The van der Waals surface area contributed by atoms with Crippen LogP contribution in [0.4, 0.5) is 0 Å². The van der Waals surface area contributed by atoms with Gasteiger partial charge in [-0.2, -0.15) is 0 Å². The van der Waals surface area contributed by atoms with Crippen LogP contribution in [0.3, 0.4) is 0 Å². The highest BCUT2D eigenvalue weighted by Gasteiger charge is 2.11. The van der Waals surface area contributed by atoms with E-state index < -0.39 is 11.9 Å². The molecule has 0 aliphatic carbocycles. The van der Waals surface area contributed by atoms with Gasteiger partial charge in [-0.1, -0.05) is 29.8 Å². The molecule has 2 aromatic carbocycles. The molecule has 1 atom stereocenters. The van der Waals surface area contributed by atoms with Crippen molar-refractivity contribution in [2.24, 2.45) is 0 Å². The van der Waals surface area contributed by atoms with Crippen LogP contribution in [-0.2, 0) is 14.3 Å². The summed E-state index contributed by atoms with van der Waals surface area (Å²) in [7, 11) is 3.08. The zero-order valence-corrected chi connectivity index (χ0v) is 16.7. The Hall–Kier alpha value is -2.99. The predicted octanol–water partition coefficient (Wildman–Crippen LogP) is 3.79. The average Bonchev–Trinajstić information content (AvgIpc) is 2.70. The van der Waals surface area contributed by atoms with Gasteiger partial charge < -0.3 is 19.5 Å². The Morgan fingerprint density at radius 2 is 1.75 bits per heavy atom. The number of carbonyl (C=O) groups is 2. The van der Waals surface area contributed by atoms with E-state index in [9.17, 15) is 9.59 Å². The lowest BCUT2D eigenvalue weighted by atomic mass is 10.1. The van der Waals surface area contributed by atoms with E-state index in [2.05, 4.69) is 5.32 Å². The monoisotopic (exact) mass is 403 g/mol. The quantitative estimate of drug-likeness (QED) is 0.536. The molecule has 0 aliphatic heterocycles. The topological polar surface area (TPSA) is 73.9 Å². The van der Waals surface area contributed by atoms with Crippen molar-refractivity contribution >= 4 is 29.6 Å². The number of amides is 1. The predicted molar refractivity (Wildman–Crippen MR) is 108 cm³/mol. The van der Waals surface area contributed by atoms with E-state index in [0.717, 1.165) is 11.1 Å². The van der Waals surface area contributed by atoms with E-state index in [-0.39, 0.29) is 12.6 Å². The van der Waals surface area contributed by atoms with E-state index in [0.29, 0.717) is 16.5 Å². The number of hydrogen-bond donors (Lipinski definition) is 1. The number of halogens is 1. The third-order valence-electron chi connectivity index (χ3n) is 3.91. The van der Waals surface area contributed by atoms with Crippen molar-refractivity contribution in [2.75, 3.05) is 20.8 Å². The fraction of sp³-hybridized carbons (Fsp3) is 0.238. The smallest absolute Gasteiger partial charge is 0.331 e. The van der Waals surface area contributed by atoms with Gasteiger partial charge >= 0.3 is 5.97 Å². The van der Waals surface area contributed by atoms with Crippen LogP contribution >= 0.6 is 11.6 Å². The molecule has 0 bridgehead atoms. The number of hydrogen-bond acceptors (Lipinski definition) is 5. The van der Waals surface area contributed by atoms with Gasteiger partial charge in [0.15, 0.2) is 18.1 Å². The zero-order chi connectivity index (χ0) is 20.5. The van der Waals surface area contributed by atoms with Crippen LogP contribution in [0.1, 0.15) is 24.1 Å². The van der Waals surface area contributed by atoms with Crippen molar-refractivity contribution in [3.8, 4) is 11.5 Å². The molecule has 6 nitrogen and oxygen atoms in total. The minimum absolute atomic E-state index is 0.231. The molecular formula is C21H22ClNO5. The second kappa shape index (κ2) is 10.4. The van der Waals surface area contributed by atoms with Gasteiger partial charge in [0.05, 0.1) is 20.3 Å². The molecule has 0 fully saturated rings. The van der Waals surface area contributed by atoms with Gasteiger partial charge in [-0.15, -0.1) is 0 Å². The summed E-state index contributed by atoms with van der Waals surface area (Å²) >= 11 is 5.85. The third kappa shape index (κ3) is 6.32. The van der Waals surface area contributed by atoms with Gasteiger partial charge in [0, 0.05) is 11.1 Å². The molecule has 1 N–H and O–H groups in total. The molecule has 2 aromatic rings. The maximum absolute atomic E-state index is 12.0. The molecule has 28 heavy (non-hydrogen) atoms. The second-order valence-electron chi connectivity index (χ2n) is 5.90. The molecule has 148 valence electrons. The highest BCUT2D eigenvalue weighted by atomic mass is 35.5. The molecule has 0 saturated carbocycles. The number of methoxy groups -OCH3 is 2. The Balaban J connectivity index is 1.83. The van der Waals surface area contributed by atoms with Crippen molar-refractivity contribution in [1.82, 2.24) is 5.32 Å². The van der Waals surface area contributed by atoms with E-state index in [4.69, 9.17) is 25.8 Å². The van der Waals surface area contributed by atoms with Crippen molar-refractivity contribution in [3.05, 3.63) is 64.7 Å². The normalized spacial score (nSPS) is 11.7. The summed E-state index contributed by atoms with van der Waals surface area (Å²) in [5.41, 5.74) is 1.63. The Labute approximate surface area is 169 Å². The maximum atomic E-state index is 12.0. The number of rotatable bonds is 8. The Morgan fingerprint density at radius 3 is 2.39 bits per heavy atom. The van der Waals surface area contributed by atoms with E-state index >= 15 is 0 Å². The first kappa shape index (κ1) is 21.3. The molecule has 0 aliphatic rings. The van der Waals surface area contributed by atoms with E-state index in [1.807, 2.05) is 19.1 Å². The fourth-order valence-electron chi connectivity index (χ4n) is 2.42. The molecule has 0 unspecified atom stereocenters. The molecule has 0 radical (unpaired) electrons. The molecule has 0 saturated heterocycles. The zero-order valence-electron chi connectivity index (χ0n) is 15.9. The number of benzene rings is 2. The van der Waals surface area contributed by atoms with Crippen LogP contribution in [-0.4, -0.2) is 32.7 Å². The van der Waals surface area contributed by atoms with Crippen LogP contribution in [0.25, 0.3) is 6.08 Å². The molecule has 2 rings (SSSR count). The van der Waals surface area contributed by atoms with Crippen molar-refractivity contribution in [2.45, 2.75) is 13.0 Å². The van der Waals surface area contributed by atoms with Gasteiger partial charge in [-0.25, -0.2) is 4.79 Å². The Morgan fingerprint density at radius 1 is 1.07 bits per heavy atom. The largest absolute Gasteiger partial charge is 0.493 e. The summed E-state index contributed by atoms with van der Waals surface area (Å²) < 4.78 is 15.3. The molecule has 7 heteroatoms. The van der Waals surface area contributed by atoms with Crippen molar-refractivity contribution < 1.29 is 23.8 Å². The van der Waals surface area contributed by atoms with Gasteiger partial charge in [-0.05, 0) is 48.4 Å². The van der Waals surface area contributed by atoms with Crippen LogP contribution in [0.5, 0.6) is 11.5 Å². The third-order valence-corrected chi connectivity index (χ3v) is 4.16. The second-order valence-corrected chi connectivity index (χ2v) is 6.33. The van der Waals surface area contributed by atoms with Crippen LogP contribution in [0, 0.1) is 0 Å². The van der Waals surface area contributed by atoms with Crippen LogP contribution < -0.4 is 14.8 Å². The lowest BCUT2D eigenvalue weighted by molar-refractivity contribution is -0.144. The molecule has 0 heterocycles. The number of nitrogens with one attached hydrogen (secondary N) is 1. The SMILES string of the molecule is COc1ccc(/C=C/C(=O)OCC(=O)N[C@@H](C)c2ccc(Cl)cc2)cc1OC. The number of ether oxygens (including phenoxy) is 3. The Kier molecular flexibility index (Phi) is 7.89. The van der Waals surface area contributed by atoms with Crippen molar-refractivity contribution in [1.29, 1.82) is 0 Å². The molecular weight excluding hydrogens is 382 g/mol. The van der Waals surface area contributed by atoms with Gasteiger partial charge in [0.25, 0.3) is 5.91 Å². The summed E-state index contributed by atoms with van der Waals surface area (Å²) in [6.45, 7) is 1.47. The summed E-state index contributed by atoms with van der Waals surface area (Å²) in [5.74, 6) is 0.127. The minimum atomic E-state index is -0.621. The molecule has 0 aromatic heterocycles. The van der Waals surface area contributed by atoms with Gasteiger partial charge in [-0.3, -0.25) is 4.79 Å².